The third-order valence-electron chi connectivity index (χ3n) is 3.57. The topological polar surface area (TPSA) is 89.9 Å². The molecule has 0 amide bonds. The molecule has 26 heavy (non-hydrogen) atoms. The molecule has 0 rings (SSSR count). The van der Waals surface area contributed by atoms with E-state index in [1.54, 1.807) is 0 Å². The van der Waals surface area contributed by atoms with E-state index in [1.807, 2.05) is 6.92 Å². The molecule has 0 aliphatic carbocycles. The van der Waals surface area contributed by atoms with Crippen molar-refractivity contribution in [2.75, 3.05) is 19.5 Å². The van der Waals surface area contributed by atoms with Gasteiger partial charge in [-0.05, 0) is 12.8 Å². The summed E-state index contributed by atoms with van der Waals surface area (Å²) in [6.07, 6.45) is 8.45. The smallest absolute Gasteiger partial charge is 0.303 e. The van der Waals surface area contributed by atoms with E-state index in [9.17, 15) is 19.0 Å². The van der Waals surface area contributed by atoms with Gasteiger partial charge in [0.25, 0.3) is 0 Å². The zero-order valence-corrected chi connectivity index (χ0v) is 18.6. The molecule has 2 atom stereocenters. The molecule has 0 fully saturated rings. The van der Waals surface area contributed by atoms with Gasteiger partial charge in [-0.2, -0.15) is 0 Å². The zero-order valence-electron chi connectivity index (χ0n) is 16.1. The highest BCUT2D eigenvalue weighted by Gasteiger charge is 2.24. The predicted molar refractivity (Wildman–Crippen MR) is 110 cm³/mol. The first kappa shape index (κ1) is 26.1. The molecule has 0 aromatic rings. The van der Waals surface area contributed by atoms with Gasteiger partial charge in [0, 0.05) is 31.0 Å². The normalized spacial score (nSPS) is 14.8. The predicted octanol–water partition coefficient (Wildman–Crippen LogP) is 5.19. The van der Waals surface area contributed by atoms with Gasteiger partial charge in [0.1, 0.15) is 0 Å². The van der Waals surface area contributed by atoms with E-state index in [4.69, 9.17) is 4.52 Å². The van der Waals surface area contributed by atoms with Crippen molar-refractivity contribution in [3.63, 3.8) is 0 Å². The van der Waals surface area contributed by atoms with Crippen LogP contribution in [-0.4, -0.2) is 39.8 Å². The lowest BCUT2D eigenvalue weighted by Gasteiger charge is -2.16. The Morgan fingerprint density at radius 3 is 2.27 bits per heavy atom. The van der Waals surface area contributed by atoms with Crippen LogP contribution in [0.3, 0.4) is 0 Å². The quantitative estimate of drug-likeness (QED) is 0.265. The second-order valence-corrected chi connectivity index (χ2v) is 10.0. The SMILES string of the molecule is CCCCCCCCC(=O)SC[C@H](COP(=O)(O)OC)SC(=O)CCC. The standard InChI is InChI=1S/C17H33O6PS2/c1-4-6-7-8-9-10-12-16(18)25-14-15(26-17(19)11-5-2)13-23-24(20,21)22-3/h15H,4-14H2,1-3H3,(H,20,21)/t15-/m0/s1. The molecule has 6 nitrogen and oxygen atoms in total. The summed E-state index contributed by atoms with van der Waals surface area (Å²) < 4.78 is 20.7. The molecule has 0 spiro atoms. The molecule has 0 aromatic carbocycles. The van der Waals surface area contributed by atoms with Crippen molar-refractivity contribution in [1.82, 2.24) is 0 Å². The monoisotopic (exact) mass is 428 g/mol. The van der Waals surface area contributed by atoms with Crippen LogP contribution in [0.5, 0.6) is 0 Å². The largest absolute Gasteiger partial charge is 0.471 e. The van der Waals surface area contributed by atoms with Crippen LogP contribution in [0, 0.1) is 0 Å². The summed E-state index contributed by atoms with van der Waals surface area (Å²) in [6, 6.07) is 0. The van der Waals surface area contributed by atoms with E-state index in [2.05, 4.69) is 11.4 Å². The van der Waals surface area contributed by atoms with Gasteiger partial charge in [-0.1, -0.05) is 69.5 Å². The van der Waals surface area contributed by atoms with Gasteiger partial charge in [0.15, 0.2) is 10.2 Å². The molecule has 0 radical (unpaired) electrons. The first-order chi connectivity index (χ1) is 12.3. The van der Waals surface area contributed by atoms with Gasteiger partial charge >= 0.3 is 7.82 Å². The van der Waals surface area contributed by atoms with Crippen molar-refractivity contribution in [3.05, 3.63) is 0 Å². The van der Waals surface area contributed by atoms with E-state index in [1.165, 1.54) is 31.0 Å². The molecule has 0 aliphatic heterocycles. The molecular formula is C17H33O6PS2. The number of carbonyl (C=O) groups excluding carboxylic acids is 2. The third kappa shape index (κ3) is 15.2. The van der Waals surface area contributed by atoms with Crippen LogP contribution in [-0.2, 0) is 23.2 Å². The summed E-state index contributed by atoms with van der Waals surface area (Å²) in [5.41, 5.74) is 0. The molecule has 154 valence electrons. The van der Waals surface area contributed by atoms with Crippen molar-refractivity contribution in [3.8, 4) is 0 Å². The van der Waals surface area contributed by atoms with E-state index < -0.39 is 7.82 Å². The van der Waals surface area contributed by atoms with Crippen molar-refractivity contribution in [2.45, 2.75) is 76.9 Å². The maximum absolute atomic E-state index is 12.0. The Hall–Kier alpha value is 0.150. The van der Waals surface area contributed by atoms with Gasteiger partial charge < -0.3 is 4.89 Å². The third-order valence-corrected chi connectivity index (χ3v) is 6.92. The Morgan fingerprint density at radius 1 is 1.00 bits per heavy atom. The van der Waals surface area contributed by atoms with Crippen LogP contribution >= 0.6 is 31.3 Å². The van der Waals surface area contributed by atoms with Gasteiger partial charge in [-0.15, -0.1) is 0 Å². The lowest BCUT2D eigenvalue weighted by Crippen LogP contribution is -2.18. The summed E-state index contributed by atoms with van der Waals surface area (Å²) in [5.74, 6) is 0.374. The number of thioether (sulfide) groups is 2. The highest BCUT2D eigenvalue weighted by Crippen LogP contribution is 2.42. The molecular weight excluding hydrogens is 395 g/mol. The van der Waals surface area contributed by atoms with Crippen LogP contribution in [0.15, 0.2) is 0 Å². The highest BCUT2D eigenvalue weighted by molar-refractivity contribution is 8.17. The average molecular weight is 429 g/mol. The maximum atomic E-state index is 12.0. The van der Waals surface area contributed by atoms with Gasteiger partial charge in [0.05, 0.1) is 6.61 Å². The lowest BCUT2D eigenvalue weighted by atomic mass is 10.1. The minimum absolute atomic E-state index is 0.00439. The second-order valence-electron chi connectivity index (χ2n) is 6.01. The van der Waals surface area contributed by atoms with Crippen LogP contribution < -0.4 is 0 Å². The number of hydrogen-bond donors (Lipinski definition) is 1. The fourth-order valence-electron chi connectivity index (χ4n) is 2.10. The van der Waals surface area contributed by atoms with Gasteiger partial charge in [-0.25, -0.2) is 4.57 Å². The second kappa shape index (κ2) is 16.1. The van der Waals surface area contributed by atoms with Crippen LogP contribution in [0.1, 0.15) is 71.6 Å². The molecule has 0 aliphatic rings. The van der Waals surface area contributed by atoms with Gasteiger partial charge in [-0.3, -0.25) is 18.6 Å². The van der Waals surface area contributed by atoms with Crippen LogP contribution in [0.25, 0.3) is 0 Å². The minimum atomic E-state index is -4.08. The molecule has 9 heteroatoms. The summed E-state index contributed by atoms with van der Waals surface area (Å²) in [7, 11) is -3.00. The molecule has 0 aromatic heterocycles. The Labute approximate surface area is 166 Å². The first-order valence-corrected chi connectivity index (χ1v) is 12.6. The number of hydrogen-bond acceptors (Lipinski definition) is 7. The molecule has 0 saturated heterocycles. The van der Waals surface area contributed by atoms with Crippen molar-refractivity contribution >= 4 is 41.6 Å². The lowest BCUT2D eigenvalue weighted by molar-refractivity contribution is -0.111. The van der Waals surface area contributed by atoms with Crippen molar-refractivity contribution in [1.29, 1.82) is 0 Å². The summed E-state index contributed by atoms with van der Waals surface area (Å²) >= 11 is 2.24. The Balaban J connectivity index is 4.24. The van der Waals surface area contributed by atoms with Crippen LogP contribution in [0.2, 0.25) is 0 Å². The average Bonchev–Trinajstić information content (AvgIpc) is 2.60. The first-order valence-electron chi connectivity index (χ1n) is 9.22. The fourth-order valence-corrected chi connectivity index (χ4v) is 4.74. The molecule has 0 saturated carbocycles. The summed E-state index contributed by atoms with van der Waals surface area (Å²) in [6.45, 7) is 3.97. The molecule has 1 N–H and O–H groups in total. The number of unbranched alkanes of at least 4 members (excludes halogenated alkanes) is 5. The summed E-state index contributed by atoms with van der Waals surface area (Å²) in [5, 5.41) is -0.272. The molecule has 1 unspecified atom stereocenters. The molecule has 0 bridgehead atoms. The zero-order chi connectivity index (χ0) is 19.8. The van der Waals surface area contributed by atoms with Gasteiger partial charge in [0.2, 0.25) is 0 Å². The number of phosphoric acid groups is 1. The molecule has 0 heterocycles. The number of rotatable bonds is 16. The Bertz CT molecular complexity index is 447. The summed E-state index contributed by atoms with van der Waals surface area (Å²) in [4.78, 5) is 33.2. The van der Waals surface area contributed by atoms with Crippen molar-refractivity contribution < 1.29 is 28.1 Å². The highest BCUT2D eigenvalue weighted by atomic mass is 32.2. The van der Waals surface area contributed by atoms with Crippen molar-refractivity contribution in [2.24, 2.45) is 0 Å². The number of phosphoric ester groups is 1. The Kier molecular flexibility index (Phi) is 16.2. The minimum Gasteiger partial charge on any atom is -0.303 e. The fraction of sp³-hybridized carbons (Fsp3) is 0.882. The van der Waals surface area contributed by atoms with E-state index in [0.717, 1.165) is 44.6 Å². The van der Waals surface area contributed by atoms with E-state index in [0.29, 0.717) is 18.6 Å². The van der Waals surface area contributed by atoms with Crippen LogP contribution in [0.4, 0.5) is 0 Å². The number of carbonyl (C=O) groups is 2. The maximum Gasteiger partial charge on any atom is 0.471 e. The van der Waals surface area contributed by atoms with E-state index in [-0.39, 0.29) is 22.1 Å². The Morgan fingerprint density at radius 2 is 1.65 bits per heavy atom. The van der Waals surface area contributed by atoms with E-state index >= 15 is 0 Å².